The van der Waals surface area contributed by atoms with Gasteiger partial charge in [0.1, 0.15) is 6.61 Å². The monoisotopic (exact) mass is 375 g/mol. The highest BCUT2D eigenvalue weighted by atomic mass is 16.5. The number of alkyl carbamates (subject to hydrolysis) is 1. The first kappa shape index (κ1) is 19.9. The van der Waals surface area contributed by atoms with Crippen LogP contribution in [0.2, 0.25) is 0 Å². The van der Waals surface area contributed by atoms with Crippen molar-refractivity contribution in [2.45, 2.75) is 12.6 Å². The Balaban J connectivity index is 2.22. The fourth-order valence-electron chi connectivity index (χ4n) is 2.51. The minimum absolute atomic E-state index is 0.0160. The van der Waals surface area contributed by atoms with Crippen molar-refractivity contribution in [2.24, 2.45) is 0 Å². The normalized spacial score (nSPS) is 11.2. The Morgan fingerprint density at radius 2 is 1.63 bits per heavy atom. The van der Waals surface area contributed by atoms with Gasteiger partial charge >= 0.3 is 12.1 Å². The molecule has 0 bridgehead atoms. The van der Waals surface area contributed by atoms with E-state index in [1.54, 1.807) is 12.1 Å². The summed E-state index contributed by atoms with van der Waals surface area (Å²) in [5, 5.41) is 11.9. The van der Waals surface area contributed by atoms with E-state index in [4.69, 9.17) is 18.9 Å². The molecule has 1 unspecified atom stereocenters. The molecule has 1 atom stereocenters. The number of amides is 1. The molecule has 27 heavy (non-hydrogen) atoms. The molecule has 0 saturated heterocycles. The first-order chi connectivity index (χ1) is 13.0. The largest absolute Gasteiger partial charge is 0.493 e. The minimum atomic E-state index is -1.40. The Morgan fingerprint density at radius 1 is 0.963 bits per heavy atom. The lowest BCUT2D eigenvalue weighted by Gasteiger charge is -2.20. The van der Waals surface area contributed by atoms with Gasteiger partial charge in [-0.1, -0.05) is 30.3 Å². The van der Waals surface area contributed by atoms with Crippen LogP contribution in [0.5, 0.6) is 17.2 Å². The number of rotatable bonds is 8. The Labute approximate surface area is 156 Å². The lowest BCUT2D eigenvalue weighted by molar-refractivity contribution is -0.139. The molecule has 1 amide bonds. The lowest BCUT2D eigenvalue weighted by atomic mass is 10.0. The van der Waals surface area contributed by atoms with Crippen LogP contribution in [0.4, 0.5) is 4.79 Å². The molecular formula is C19H21NO7. The van der Waals surface area contributed by atoms with Crippen molar-refractivity contribution in [3.8, 4) is 17.2 Å². The van der Waals surface area contributed by atoms with E-state index in [-0.39, 0.29) is 23.7 Å². The summed E-state index contributed by atoms with van der Waals surface area (Å²) in [6, 6.07) is 10.7. The van der Waals surface area contributed by atoms with Crippen molar-refractivity contribution in [1.82, 2.24) is 5.32 Å². The SMILES string of the molecule is COc1ccc(C(NC(=O)OCc2ccccc2)C(=O)O)c(OC)c1OC. The summed E-state index contributed by atoms with van der Waals surface area (Å²) in [7, 11) is 4.22. The van der Waals surface area contributed by atoms with Crippen LogP contribution in [0, 0.1) is 0 Å². The molecular weight excluding hydrogens is 354 g/mol. The molecule has 144 valence electrons. The van der Waals surface area contributed by atoms with Crippen LogP contribution in [0.15, 0.2) is 42.5 Å². The van der Waals surface area contributed by atoms with Crippen LogP contribution in [-0.4, -0.2) is 38.5 Å². The number of carboxylic acids is 1. The Morgan fingerprint density at radius 3 is 2.19 bits per heavy atom. The predicted octanol–water partition coefficient (Wildman–Crippen LogP) is 2.76. The van der Waals surface area contributed by atoms with Crippen molar-refractivity contribution >= 4 is 12.1 Å². The van der Waals surface area contributed by atoms with E-state index in [2.05, 4.69) is 5.32 Å². The number of nitrogens with one attached hydrogen (secondary N) is 1. The average molecular weight is 375 g/mol. The zero-order valence-electron chi connectivity index (χ0n) is 15.2. The van der Waals surface area contributed by atoms with Gasteiger partial charge < -0.3 is 29.4 Å². The zero-order chi connectivity index (χ0) is 19.8. The van der Waals surface area contributed by atoms with E-state index in [1.807, 2.05) is 18.2 Å². The van der Waals surface area contributed by atoms with Crippen molar-refractivity contribution in [2.75, 3.05) is 21.3 Å². The number of ether oxygens (including phenoxy) is 4. The van der Waals surface area contributed by atoms with Gasteiger partial charge in [-0.15, -0.1) is 0 Å². The Kier molecular flexibility index (Phi) is 6.87. The molecule has 2 aromatic carbocycles. The molecule has 0 aromatic heterocycles. The quantitative estimate of drug-likeness (QED) is 0.731. The van der Waals surface area contributed by atoms with Crippen molar-refractivity contribution in [3.63, 3.8) is 0 Å². The second-order valence-electron chi connectivity index (χ2n) is 5.40. The third-order valence-corrected chi connectivity index (χ3v) is 3.77. The summed E-state index contributed by atoms with van der Waals surface area (Å²) in [5.74, 6) is -0.540. The molecule has 0 spiro atoms. The average Bonchev–Trinajstić information content (AvgIpc) is 2.69. The molecule has 2 aromatic rings. The van der Waals surface area contributed by atoms with Gasteiger partial charge in [-0.25, -0.2) is 9.59 Å². The maximum atomic E-state index is 12.1. The number of methoxy groups -OCH3 is 3. The summed E-state index contributed by atoms with van der Waals surface area (Å²) < 4.78 is 20.8. The summed E-state index contributed by atoms with van der Waals surface area (Å²) in [4.78, 5) is 23.8. The van der Waals surface area contributed by atoms with Crippen LogP contribution >= 0.6 is 0 Å². The fraction of sp³-hybridized carbons (Fsp3) is 0.263. The molecule has 0 heterocycles. The Hall–Kier alpha value is -3.42. The minimum Gasteiger partial charge on any atom is -0.493 e. The number of carbonyl (C=O) groups excluding carboxylic acids is 1. The topological polar surface area (TPSA) is 103 Å². The summed E-state index contributed by atoms with van der Waals surface area (Å²) in [5.41, 5.74) is 0.975. The van der Waals surface area contributed by atoms with Gasteiger partial charge in [0.2, 0.25) is 5.75 Å². The molecule has 0 aliphatic heterocycles. The van der Waals surface area contributed by atoms with Crippen LogP contribution in [-0.2, 0) is 16.1 Å². The highest BCUT2D eigenvalue weighted by molar-refractivity contribution is 5.83. The molecule has 2 N–H and O–H groups in total. The van der Waals surface area contributed by atoms with E-state index >= 15 is 0 Å². The maximum absolute atomic E-state index is 12.1. The van der Waals surface area contributed by atoms with Gasteiger partial charge in [0.15, 0.2) is 17.5 Å². The second kappa shape index (κ2) is 9.33. The zero-order valence-corrected chi connectivity index (χ0v) is 15.2. The molecule has 0 fully saturated rings. The molecule has 2 rings (SSSR count). The van der Waals surface area contributed by atoms with Crippen LogP contribution < -0.4 is 19.5 Å². The number of carboxylic acid groups (broad SMARTS) is 1. The third kappa shape index (κ3) is 4.81. The van der Waals surface area contributed by atoms with E-state index in [1.165, 1.54) is 33.5 Å². The number of hydrogen-bond donors (Lipinski definition) is 2. The molecule has 8 heteroatoms. The number of aliphatic carboxylic acids is 1. The van der Waals surface area contributed by atoms with Gasteiger partial charge in [-0.05, 0) is 17.7 Å². The lowest BCUT2D eigenvalue weighted by Crippen LogP contribution is -2.34. The van der Waals surface area contributed by atoms with Crippen molar-refractivity contribution < 1.29 is 33.6 Å². The first-order valence-corrected chi connectivity index (χ1v) is 8.00. The molecule has 0 saturated carbocycles. The molecule has 8 nitrogen and oxygen atoms in total. The van der Waals surface area contributed by atoms with Gasteiger partial charge in [-0.2, -0.15) is 0 Å². The highest BCUT2D eigenvalue weighted by Gasteiger charge is 2.29. The van der Waals surface area contributed by atoms with E-state index < -0.39 is 18.1 Å². The number of hydrogen-bond acceptors (Lipinski definition) is 6. The summed E-state index contributed by atoms with van der Waals surface area (Å²) >= 11 is 0. The Bertz CT molecular complexity index is 792. The molecule has 0 aliphatic carbocycles. The van der Waals surface area contributed by atoms with Crippen molar-refractivity contribution in [3.05, 3.63) is 53.6 Å². The standard InChI is InChI=1S/C19H21NO7/c1-24-14-10-9-13(16(25-2)17(14)26-3)15(18(21)22)20-19(23)27-11-12-7-5-4-6-8-12/h4-10,15H,11H2,1-3H3,(H,20,23)(H,21,22). The van der Waals surface area contributed by atoms with Crippen LogP contribution in [0.25, 0.3) is 0 Å². The van der Waals surface area contributed by atoms with Gasteiger partial charge in [0, 0.05) is 5.56 Å². The van der Waals surface area contributed by atoms with Crippen LogP contribution in [0.1, 0.15) is 17.2 Å². The predicted molar refractivity (Wildman–Crippen MR) is 96.2 cm³/mol. The van der Waals surface area contributed by atoms with Gasteiger partial charge in [0.25, 0.3) is 0 Å². The van der Waals surface area contributed by atoms with E-state index in [0.29, 0.717) is 5.75 Å². The number of benzene rings is 2. The van der Waals surface area contributed by atoms with Crippen LogP contribution in [0.3, 0.4) is 0 Å². The third-order valence-electron chi connectivity index (χ3n) is 3.77. The summed E-state index contributed by atoms with van der Waals surface area (Å²) in [6.45, 7) is 0.0160. The molecule has 0 aliphatic rings. The first-order valence-electron chi connectivity index (χ1n) is 8.00. The maximum Gasteiger partial charge on any atom is 0.408 e. The fourth-order valence-corrected chi connectivity index (χ4v) is 2.51. The second-order valence-corrected chi connectivity index (χ2v) is 5.40. The van der Waals surface area contributed by atoms with E-state index in [9.17, 15) is 14.7 Å². The van der Waals surface area contributed by atoms with Gasteiger partial charge in [-0.3, -0.25) is 0 Å². The van der Waals surface area contributed by atoms with Crippen molar-refractivity contribution in [1.29, 1.82) is 0 Å². The molecule has 0 radical (unpaired) electrons. The number of carbonyl (C=O) groups is 2. The van der Waals surface area contributed by atoms with E-state index in [0.717, 1.165) is 5.56 Å². The highest BCUT2D eigenvalue weighted by Crippen LogP contribution is 2.42. The summed E-state index contributed by atoms with van der Waals surface area (Å²) in [6.07, 6.45) is -0.872. The smallest absolute Gasteiger partial charge is 0.408 e. The van der Waals surface area contributed by atoms with Gasteiger partial charge in [0.05, 0.1) is 21.3 Å².